The number of benzene rings is 1. The van der Waals surface area contributed by atoms with Gasteiger partial charge < -0.3 is 5.32 Å². The van der Waals surface area contributed by atoms with E-state index in [1.807, 2.05) is 54.2 Å². The minimum absolute atomic E-state index is 0.0647. The van der Waals surface area contributed by atoms with Crippen LogP contribution in [0.2, 0.25) is 0 Å². The summed E-state index contributed by atoms with van der Waals surface area (Å²) >= 11 is 0. The lowest BCUT2D eigenvalue weighted by Gasteiger charge is -2.03. The van der Waals surface area contributed by atoms with Gasteiger partial charge in [0, 0.05) is 19.2 Å². The van der Waals surface area contributed by atoms with Crippen molar-refractivity contribution >= 4 is 5.91 Å². The Morgan fingerprint density at radius 2 is 2.05 bits per heavy atom. The van der Waals surface area contributed by atoms with Gasteiger partial charge in [-0.2, -0.15) is 5.10 Å². The lowest BCUT2D eigenvalue weighted by molar-refractivity contribution is -0.121. The second-order valence-electron chi connectivity index (χ2n) is 4.43. The molecule has 1 N–H and O–H groups in total. The first kappa shape index (κ1) is 13.3. The number of rotatable bonds is 6. The molecule has 0 aliphatic carbocycles. The van der Waals surface area contributed by atoms with E-state index in [0.29, 0.717) is 13.0 Å². The minimum atomic E-state index is 0.0647. The van der Waals surface area contributed by atoms with E-state index in [1.54, 1.807) is 0 Å². The number of aryl methyl sites for hydroxylation is 2. The molecule has 0 aliphatic heterocycles. The summed E-state index contributed by atoms with van der Waals surface area (Å²) in [6.45, 7) is 3.39. The summed E-state index contributed by atoms with van der Waals surface area (Å²) in [5.74, 6) is 0.0647. The fraction of sp³-hybridized carbons (Fsp3) is 0.333. The van der Waals surface area contributed by atoms with Crippen molar-refractivity contribution in [2.45, 2.75) is 32.9 Å². The molecule has 0 saturated carbocycles. The summed E-state index contributed by atoms with van der Waals surface area (Å²) in [5.41, 5.74) is 2.09. The Balaban J connectivity index is 1.73. The average molecular weight is 257 g/mol. The molecule has 1 aromatic carbocycles. The third kappa shape index (κ3) is 4.25. The summed E-state index contributed by atoms with van der Waals surface area (Å²) in [6.07, 6.45) is 3.21. The van der Waals surface area contributed by atoms with E-state index in [2.05, 4.69) is 10.4 Å². The first-order chi connectivity index (χ1) is 9.28. The Morgan fingerprint density at radius 1 is 1.26 bits per heavy atom. The van der Waals surface area contributed by atoms with Gasteiger partial charge in [0.25, 0.3) is 0 Å². The Kier molecular flexibility index (Phi) is 4.72. The van der Waals surface area contributed by atoms with Crippen LogP contribution < -0.4 is 5.32 Å². The number of carbonyl (C=O) groups excluding carboxylic acids is 1. The third-order valence-electron chi connectivity index (χ3n) is 2.97. The maximum atomic E-state index is 11.7. The highest BCUT2D eigenvalue weighted by Crippen LogP contribution is 2.02. The molecule has 0 saturated heterocycles. The SMILES string of the molecule is CCn1ccc(CNC(=O)CCc2ccccc2)n1. The summed E-state index contributed by atoms with van der Waals surface area (Å²) in [4.78, 5) is 11.7. The standard InChI is InChI=1S/C15H19N3O/c1-2-18-11-10-14(17-18)12-16-15(19)9-8-13-6-4-3-5-7-13/h3-7,10-11H,2,8-9,12H2,1H3,(H,16,19). The van der Waals surface area contributed by atoms with Crippen LogP contribution in [0.1, 0.15) is 24.6 Å². The summed E-state index contributed by atoms with van der Waals surface area (Å²) in [5, 5.41) is 7.21. The Labute approximate surface area is 113 Å². The molecular weight excluding hydrogens is 238 g/mol. The number of hydrogen-bond donors (Lipinski definition) is 1. The van der Waals surface area contributed by atoms with E-state index >= 15 is 0 Å². The van der Waals surface area contributed by atoms with Crippen LogP contribution in [0.5, 0.6) is 0 Å². The van der Waals surface area contributed by atoms with Crippen molar-refractivity contribution in [2.24, 2.45) is 0 Å². The molecule has 0 aliphatic rings. The number of nitrogens with one attached hydrogen (secondary N) is 1. The molecule has 2 aromatic rings. The highest BCUT2D eigenvalue weighted by Gasteiger charge is 2.03. The lowest BCUT2D eigenvalue weighted by atomic mass is 10.1. The molecule has 4 nitrogen and oxygen atoms in total. The predicted molar refractivity (Wildman–Crippen MR) is 74.5 cm³/mol. The predicted octanol–water partition coefficient (Wildman–Crippen LogP) is 2.15. The van der Waals surface area contributed by atoms with Crippen molar-refractivity contribution in [2.75, 3.05) is 0 Å². The maximum Gasteiger partial charge on any atom is 0.220 e. The zero-order chi connectivity index (χ0) is 13.5. The maximum absolute atomic E-state index is 11.7. The molecular formula is C15H19N3O. The van der Waals surface area contributed by atoms with Gasteiger partial charge in [-0.1, -0.05) is 30.3 Å². The normalized spacial score (nSPS) is 10.4. The molecule has 4 heteroatoms. The van der Waals surface area contributed by atoms with Crippen molar-refractivity contribution in [3.8, 4) is 0 Å². The van der Waals surface area contributed by atoms with Crippen molar-refractivity contribution < 1.29 is 4.79 Å². The van der Waals surface area contributed by atoms with Crippen LogP contribution in [0, 0.1) is 0 Å². The molecule has 0 radical (unpaired) electrons. The second kappa shape index (κ2) is 6.73. The highest BCUT2D eigenvalue weighted by molar-refractivity contribution is 5.76. The quantitative estimate of drug-likeness (QED) is 0.862. The van der Waals surface area contributed by atoms with Gasteiger partial charge in [0.1, 0.15) is 0 Å². The Bertz CT molecular complexity index is 519. The van der Waals surface area contributed by atoms with Gasteiger partial charge in [-0.05, 0) is 25.0 Å². The first-order valence-electron chi connectivity index (χ1n) is 6.61. The molecule has 0 atom stereocenters. The summed E-state index contributed by atoms with van der Waals surface area (Å²) in [7, 11) is 0. The van der Waals surface area contributed by atoms with E-state index in [-0.39, 0.29) is 5.91 Å². The molecule has 0 unspecified atom stereocenters. The van der Waals surface area contributed by atoms with Crippen LogP contribution in [0.3, 0.4) is 0 Å². The second-order valence-corrected chi connectivity index (χ2v) is 4.43. The number of hydrogen-bond acceptors (Lipinski definition) is 2. The van der Waals surface area contributed by atoms with Gasteiger partial charge in [-0.3, -0.25) is 9.48 Å². The number of nitrogens with zero attached hydrogens (tertiary/aromatic N) is 2. The van der Waals surface area contributed by atoms with Crippen LogP contribution in [-0.4, -0.2) is 15.7 Å². The number of amides is 1. The highest BCUT2D eigenvalue weighted by atomic mass is 16.1. The molecule has 19 heavy (non-hydrogen) atoms. The van der Waals surface area contributed by atoms with E-state index in [9.17, 15) is 4.79 Å². The molecule has 100 valence electrons. The number of aromatic nitrogens is 2. The largest absolute Gasteiger partial charge is 0.350 e. The van der Waals surface area contributed by atoms with Crippen LogP contribution in [0.4, 0.5) is 0 Å². The van der Waals surface area contributed by atoms with Gasteiger partial charge in [-0.25, -0.2) is 0 Å². The summed E-state index contributed by atoms with van der Waals surface area (Å²) < 4.78 is 1.85. The fourth-order valence-corrected chi connectivity index (χ4v) is 1.85. The molecule has 0 spiro atoms. The van der Waals surface area contributed by atoms with Crippen molar-refractivity contribution in [1.29, 1.82) is 0 Å². The summed E-state index contributed by atoms with van der Waals surface area (Å²) in [6, 6.07) is 12.0. The van der Waals surface area contributed by atoms with Crippen molar-refractivity contribution in [1.82, 2.24) is 15.1 Å². The van der Waals surface area contributed by atoms with Gasteiger partial charge in [0.15, 0.2) is 0 Å². The van der Waals surface area contributed by atoms with Crippen LogP contribution >= 0.6 is 0 Å². The van der Waals surface area contributed by atoms with Crippen molar-refractivity contribution in [3.63, 3.8) is 0 Å². The monoisotopic (exact) mass is 257 g/mol. The first-order valence-corrected chi connectivity index (χ1v) is 6.61. The topological polar surface area (TPSA) is 46.9 Å². The minimum Gasteiger partial charge on any atom is -0.350 e. The van der Waals surface area contributed by atoms with E-state index in [1.165, 1.54) is 5.56 Å². The van der Waals surface area contributed by atoms with Gasteiger partial charge >= 0.3 is 0 Å². The van der Waals surface area contributed by atoms with Crippen LogP contribution in [-0.2, 0) is 24.3 Å². The van der Waals surface area contributed by atoms with Crippen molar-refractivity contribution in [3.05, 3.63) is 53.9 Å². The number of carbonyl (C=O) groups is 1. The fourth-order valence-electron chi connectivity index (χ4n) is 1.85. The van der Waals surface area contributed by atoms with Gasteiger partial charge in [0.05, 0.1) is 12.2 Å². The third-order valence-corrected chi connectivity index (χ3v) is 2.97. The Hall–Kier alpha value is -2.10. The molecule has 0 fully saturated rings. The average Bonchev–Trinajstić information content (AvgIpc) is 2.92. The molecule has 0 bridgehead atoms. The zero-order valence-electron chi connectivity index (χ0n) is 11.2. The van der Waals surface area contributed by atoms with Gasteiger partial charge in [0.2, 0.25) is 5.91 Å². The molecule has 1 heterocycles. The lowest BCUT2D eigenvalue weighted by Crippen LogP contribution is -2.23. The van der Waals surface area contributed by atoms with E-state index in [4.69, 9.17) is 0 Å². The van der Waals surface area contributed by atoms with Crippen LogP contribution in [0.25, 0.3) is 0 Å². The molecule has 1 aromatic heterocycles. The van der Waals surface area contributed by atoms with E-state index in [0.717, 1.165) is 18.7 Å². The van der Waals surface area contributed by atoms with E-state index < -0.39 is 0 Å². The smallest absolute Gasteiger partial charge is 0.220 e. The zero-order valence-corrected chi connectivity index (χ0v) is 11.2. The molecule has 1 amide bonds. The van der Waals surface area contributed by atoms with Gasteiger partial charge in [-0.15, -0.1) is 0 Å². The molecule has 2 rings (SSSR count). The Morgan fingerprint density at radius 3 is 2.74 bits per heavy atom. The van der Waals surface area contributed by atoms with Crippen LogP contribution in [0.15, 0.2) is 42.6 Å².